The molecule has 148 valence electrons. The van der Waals surface area contributed by atoms with Crippen LogP contribution in [0.5, 0.6) is 5.75 Å². The van der Waals surface area contributed by atoms with Crippen LogP contribution in [0.1, 0.15) is 47.4 Å². The van der Waals surface area contributed by atoms with Gasteiger partial charge in [-0.3, -0.25) is 9.59 Å². The fourth-order valence-electron chi connectivity index (χ4n) is 2.46. The first kappa shape index (κ1) is 21.4. The molecule has 6 nitrogen and oxygen atoms in total. The lowest BCUT2D eigenvalue weighted by Gasteiger charge is -2.13. The molecule has 28 heavy (non-hydrogen) atoms. The normalized spacial score (nSPS) is 10.2. The second kappa shape index (κ2) is 10.5. The molecule has 0 saturated heterocycles. The Bertz CT molecular complexity index is 848. The molecule has 0 radical (unpaired) electrons. The average Bonchev–Trinajstić information content (AvgIpc) is 2.68. The van der Waals surface area contributed by atoms with E-state index in [1.54, 1.807) is 50.2 Å². The first-order chi connectivity index (χ1) is 13.4. The third-order valence-electron chi connectivity index (χ3n) is 3.81. The van der Waals surface area contributed by atoms with Gasteiger partial charge >= 0.3 is 5.97 Å². The van der Waals surface area contributed by atoms with Gasteiger partial charge in [0.15, 0.2) is 5.78 Å². The second-order valence-electron chi connectivity index (χ2n) is 5.84. The summed E-state index contributed by atoms with van der Waals surface area (Å²) in [7, 11) is 0. The molecule has 1 amide bonds. The van der Waals surface area contributed by atoms with Gasteiger partial charge in [0, 0.05) is 23.4 Å². The number of nitrogens with one attached hydrogen (secondary N) is 1. The number of ketones is 1. The number of benzene rings is 2. The second-order valence-corrected chi connectivity index (χ2v) is 6.28. The van der Waals surface area contributed by atoms with Crippen molar-refractivity contribution in [3.63, 3.8) is 0 Å². The van der Waals surface area contributed by atoms with Crippen LogP contribution in [-0.2, 0) is 9.53 Å². The van der Waals surface area contributed by atoms with Crippen molar-refractivity contribution in [2.75, 3.05) is 18.5 Å². The molecule has 1 N–H and O–H groups in total. The van der Waals surface area contributed by atoms with E-state index in [0.717, 1.165) is 0 Å². The number of esters is 1. The van der Waals surface area contributed by atoms with Crippen molar-refractivity contribution in [3.05, 3.63) is 58.6 Å². The average molecular weight is 404 g/mol. The Hall–Kier alpha value is -2.86. The molecule has 0 saturated carbocycles. The summed E-state index contributed by atoms with van der Waals surface area (Å²) in [6.45, 7) is 4.15. The summed E-state index contributed by atoms with van der Waals surface area (Å²) >= 11 is 5.81. The number of ether oxygens (including phenoxy) is 2. The highest BCUT2D eigenvalue weighted by Crippen LogP contribution is 2.27. The van der Waals surface area contributed by atoms with E-state index in [2.05, 4.69) is 5.32 Å². The lowest BCUT2D eigenvalue weighted by molar-refractivity contribution is -0.116. The minimum absolute atomic E-state index is 0.0205. The van der Waals surface area contributed by atoms with Crippen molar-refractivity contribution in [2.24, 2.45) is 0 Å². The van der Waals surface area contributed by atoms with Crippen molar-refractivity contribution in [1.82, 2.24) is 0 Å². The third-order valence-corrected chi connectivity index (χ3v) is 4.06. The van der Waals surface area contributed by atoms with Crippen LogP contribution < -0.4 is 10.1 Å². The predicted octanol–water partition coefficient (Wildman–Crippen LogP) is 4.52. The van der Waals surface area contributed by atoms with E-state index in [1.807, 2.05) is 0 Å². The van der Waals surface area contributed by atoms with E-state index in [4.69, 9.17) is 21.1 Å². The van der Waals surface area contributed by atoms with Crippen molar-refractivity contribution in [2.45, 2.75) is 26.7 Å². The van der Waals surface area contributed by atoms with E-state index >= 15 is 0 Å². The van der Waals surface area contributed by atoms with E-state index < -0.39 is 5.97 Å². The van der Waals surface area contributed by atoms with Crippen LogP contribution in [0.2, 0.25) is 5.02 Å². The van der Waals surface area contributed by atoms with Gasteiger partial charge in [-0.25, -0.2) is 4.79 Å². The number of anilines is 1. The molecule has 0 aromatic heterocycles. The van der Waals surface area contributed by atoms with E-state index in [9.17, 15) is 14.4 Å². The van der Waals surface area contributed by atoms with Gasteiger partial charge in [-0.2, -0.15) is 0 Å². The molecule has 2 aromatic carbocycles. The van der Waals surface area contributed by atoms with Crippen LogP contribution >= 0.6 is 11.6 Å². The number of Topliss-reactive ketones (excluding diaryl/α,β-unsaturated/α-hetero) is 1. The highest BCUT2D eigenvalue weighted by molar-refractivity contribution is 6.30. The monoisotopic (exact) mass is 403 g/mol. The maximum Gasteiger partial charge on any atom is 0.338 e. The topological polar surface area (TPSA) is 81.7 Å². The Balaban J connectivity index is 2.00. The van der Waals surface area contributed by atoms with Crippen molar-refractivity contribution < 1.29 is 23.9 Å². The molecule has 2 rings (SSSR count). The van der Waals surface area contributed by atoms with Crippen LogP contribution in [0.4, 0.5) is 5.69 Å². The van der Waals surface area contributed by atoms with Crippen LogP contribution in [-0.4, -0.2) is 30.9 Å². The Morgan fingerprint density at radius 2 is 1.61 bits per heavy atom. The smallest absolute Gasteiger partial charge is 0.338 e. The summed E-state index contributed by atoms with van der Waals surface area (Å²) in [5.41, 5.74) is 1.27. The fraction of sp³-hybridized carbons (Fsp3) is 0.286. The standard InChI is InChI=1S/C21H22ClNO5/c1-3-27-19-13-15(21(26)28-4-2)7-10-17(19)23-20(25)12-11-18(24)14-5-8-16(22)9-6-14/h5-10,13H,3-4,11-12H2,1-2H3,(H,23,25). The summed E-state index contributed by atoms with van der Waals surface area (Å²) in [5, 5.41) is 3.27. The number of hydrogen-bond donors (Lipinski definition) is 1. The van der Waals surface area contributed by atoms with Crippen molar-refractivity contribution in [1.29, 1.82) is 0 Å². The molecule has 0 spiro atoms. The molecular weight excluding hydrogens is 382 g/mol. The molecule has 0 heterocycles. The van der Waals surface area contributed by atoms with Gasteiger partial charge in [-0.1, -0.05) is 11.6 Å². The molecule has 0 aliphatic carbocycles. The van der Waals surface area contributed by atoms with Gasteiger partial charge in [0.1, 0.15) is 5.75 Å². The van der Waals surface area contributed by atoms with Crippen LogP contribution in [0.25, 0.3) is 0 Å². The fourth-order valence-corrected chi connectivity index (χ4v) is 2.59. The number of rotatable bonds is 9. The first-order valence-corrected chi connectivity index (χ1v) is 9.35. The summed E-state index contributed by atoms with van der Waals surface area (Å²) in [5.74, 6) is -0.568. The van der Waals surface area contributed by atoms with Gasteiger partial charge in [0.25, 0.3) is 0 Å². The Morgan fingerprint density at radius 1 is 0.929 bits per heavy atom. The minimum Gasteiger partial charge on any atom is -0.492 e. The minimum atomic E-state index is -0.463. The molecule has 0 atom stereocenters. The van der Waals surface area contributed by atoms with E-state index in [0.29, 0.717) is 34.2 Å². The zero-order valence-electron chi connectivity index (χ0n) is 15.8. The van der Waals surface area contributed by atoms with Gasteiger partial charge in [-0.05, 0) is 56.3 Å². The van der Waals surface area contributed by atoms with E-state index in [-0.39, 0.29) is 31.1 Å². The maximum absolute atomic E-state index is 12.2. The molecule has 7 heteroatoms. The summed E-state index contributed by atoms with van der Waals surface area (Å²) in [6.07, 6.45) is 0.0883. The van der Waals surface area contributed by atoms with Crippen LogP contribution in [0.15, 0.2) is 42.5 Å². The Labute approximate surface area is 168 Å². The predicted molar refractivity (Wildman–Crippen MR) is 107 cm³/mol. The molecule has 0 aliphatic heterocycles. The summed E-state index contributed by atoms with van der Waals surface area (Å²) < 4.78 is 10.5. The molecule has 0 unspecified atom stereocenters. The lowest BCUT2D eigenvalue weighted by Crippen LogP contribution is -2.15. The number of hydrogen-bond acceptors (Lipinski definition) is 5. The van der Waals surface area contributed by atoms with Gasteiger partial charge < -0.3 is 14.8 Å². The zero-order valence-corrected chi connectivity index (χ0v) is 16.5. The third kappa shape index (κ3) is 6.09. The summed E-state index contributed by atoms with van der Waals surface area (Å²) in [6, 6.07) is 11.2. The largest absolute Gasteiger partial charge is 0.492 e. The highest BCUT2D eigenvalue weighted by Gasteiger charge is 2.15. The number of amides is 1. The Morgan fingerprint density at radius 3 is 2.25 bits per heavy atom. The molecule has 0 bridgehead atoms. The number of halogens is 1. The van der Waals surface area contributed by atoms with Gasteiger partial charge in [0.2, 0.25) is 5.91 Å². The zero-order chi connectivity index (χ0) is 20.5. The van der Waals surface area contributed by atoms with Gasteiger partial charge in [0.05, 0.1) is 24.5 Å². The molecule has 0 aliphatic rings. The molecule has 0 fully saturated rings. The molecular formula is C21H22ClNO5. The quantitative estimate of drug-likeness (QED) is 0.491. The van der Waals surface area contributed by atoms with Gasteiger partial charge in [-0.15, -0.1) is 0 Å². The lowest BCUT2D eigenvalue weighted by atomic mass is 10.1. The SMILES string of the molecule is CCOC(=O)c1ccc(NC(=O)CCC(=O)c2ccc(Cl)cc2)c(OCC)c1. The first-order valence-electron chi connectivity index (χ1n) is 8.97. The Kier molecular flexibility index (Phi) is 8.02. The number of carbonyl (C=O) groups is 3. The highest BCUT2D eigenvalue weighted by atomic mass is 35.5. The van der Waals surface area contributed by atoms with Crippen molar-refractivity contribution in [3.8, 4) is 5.75 Å². The molecule has 2 aromatic rings. The van der Waals surface area contributed by atoms with Crippen molar-refractivity contribution >= 4 is 34.9 Å². The number of carbonyl (C=O) groups excluding carboxylic acids is 3. The van der Waals surface area contributed by atoms with Crippen LogP contribution in [0, 0.1) is 0 Å². The van der Waals surface area contributed by atoms with Crippen LogP contribution in [0.3, 0.4) is 0 Å². The maximum atomic E-state index is 12.2. The summed E-state index contributed by atoms with van der Waals surface area (Å²) in [4.78, 5) is 36.3. The van der Waals surface area contributed by atoms with E-state index in [1.165, 1.54) is 6.07 Å².